The van der Waals surface area contributed by atoms with Crippen molar-refractivity contribution in [3.8, 4) is 0 Å². The fraction of sp³-hybridized carbons (Fsp3) is 0.591. The average molecular weight is 397 g/mol. The van der Waals surface area contributed by atoms with Crippen LogP contribution in [0.15, 0.2) is 36.4 Å². The molecule has 7 nitrogen and oxygen atoms in total. The lowest BCUT2D eigenvalue weighted by molar-refractivity contribution is -0.384. The Bertz CT molecular complexity index is 881. The van der Waals surface area contributed by atoms with Crippen molar-refractivity contribution < 1.29 is 14.5 Å². The van der Waals surface area contributed by atoms with Crippen molar-refractivity contribution in [3.63, 3.8) is 0 Å². The number of nitrogens with one attached hydrogen (secondary N) is 1. The number of hydrogen-bond acceptors (Lipinski definition) is 5. The Morgan fingerprint density at radius 3 is 2.76 bits per heavy atom. The van der Waals surface area contributed by atoms with E-state index in [9.17, 15) is 14.9 Å². The maximum Gasteiger partial charge on any atom is 0.292 e. The van der Waals surface area contributed by atoms with E-state index >= 15 is 0 Å². The molecule has 154 valence electrons. The molecular formula is C22H27N3O4. The van der Waals surface area contributed by atoms with E-state index in [4.69, 9.17) is 4.74 Å². The average Bonchev–Trinajstić information content (AvgIpc) is 3.32. The first-order chi connectivity index (χ1) is 13.9. The number of anilines is 1. The lowest BCUT2D eigenvalue weighted by Gasteiger charge is -2.37. The zero-order valence-electron chi connectivity index (χ0n) is 16.7. The van der Waals surface area contributed by atoms with Gasteiger partial charge >= 0.3 is 0 Å². The predicted molar refractivity (Wildman–Crippen MR) is 109 cm³/mol. The molecule has 2 bridgehead atoms. The summed E-state index contributed by atoms with van der Waals surface area (Å²) in [7, 11) is 0. The minimum atomic E-state index is -0.736. The van der Waals surface area contributed by atoms with E-state index in [2.05, 4.69) is 12.2 Å². The number of nitrogens with zero attached hydrogens (tertiary/aromatic N) is 2. The first-order valence-electron chi connectivity index (χ1n) is 10.6. The predicted octanol–water partition coefficient (Wildman–Crippen LogP) is 3.34. The number of hydrogen-bond donors (Lipinski definition) is 1. The van der Waals surface area contributed by atoms with E-state index in [1.54, 1.807) is 18.2 Å². The molecule has 3 aliphatic heterocycles. The molecule has 1 aliphatic carbocycles. The van der Waals surface area contributed by atoms with Crippen LogP contribution in [0.2, 0.25) is 0 Å². The topological polar surface area (TPSA) is 84.7 Å². The largest absolute Gasteiger partial charge is 0.360 e. The van der Waals surface area contributed by atoms with Crippen molar-refractivity contribution in [2.75, 3.05) is 11.4 Å². The first kappa shape index (κ1) is 18.6. The van der Waals surface area contributed by atoms with Gasteiger partial charge in [-0.2, -0.15) is 0 Å². The number of rotatable bonds is 4. The van der Waals surface area contributed by atoms with Crippen molar-refractivity contribution in [3.05, 3.63) is 46.5 Å². The summed E-state index contributed by atoms with van der Waals surface area (Å²) in [5.74, 6) is -0.0778. The van der Waals surface area contributed by atoms with Crippen molar-refractivity contribution in [1.29, 1.82) is 0 Å². The Balaban J connectivity index is 1.55. The summed E-state index contributed by atoms with van der Waals surface area (Å²) >= 11 is 0. The molecule has 5 rings (SSSR count). The second-order valence-corrected chi connectivity index (χ2v) is 9.19. The molecule has 3 fully saturated rings. The van der Waals surface area contributed by atoms with Gasteiger partial charge in [-0.3, -0.25) is 14.9 Å². The number of nitro benzene ring substituents is 1. The summed E-state index contributed by atoms with van der Waals surface area (Å²) in [5.41, 5.74) is -0.474. The molecule has 1 spiro atoms. The number of para-hydroxylation sites is 2. The third-order valence-electron chi connectivity index (χ3n) is 7.32. The van der Waals surface area contributed by atoms with Crippen molar-refractivity contribution >= 4 is 17.3 Å². The molecule has 0 radical (unpaired) electrons. The minimum Gasteiger partial charge on any atom is -0.360 e. The minimum absolute atomic E-state index is 0.0258. The van der Waals surface area contributed by atoms with Gasteiger partial charge in [0.15, 0.2) is 0 Å². The van der Waals surface area contributed by atoms with Gasteiger partial charge in [0.2, 0.25) is 5.91 Å². The van der Waals surface area contributed by atoms with Crippen LogP contribution in [0.3, 0.4) is 0 Å². The van der Waals surface area contributed by atoms with Gasteiger partial charge in [0.05, 0.1) is 11.0 Å². The van der Waals surface area contributed by atoms with E-state index in [1.807, 2.05) is 17.1 Å². The summed E-state index contributed by atoms with van der Waals surface area (Å²) in [6, 6.07) is 6.27. The van der Waals surface area contributed by atoms with Gasteiger partial charge in [-0.15, -0.1) is 0 Å². The molecule has 1 unspecified atom stereocenters. The third-order valence-corrected chi connectivity index (χ3v) is 7.32. The van der Waals surface area contributed by atoms with E-state index in [-0.39, 0.29) is 34.1 Å². The lowest BCUT2D eigenvalue weighted by Crippen LogP contribution is -2.57. The molecule has 1 aromatic carbocycles. The monoisotopic (exact) mass is 397 g/mol. The van der Waals surface area contributed by atoms with Gasteiger partial charge in [-0.25, -0.2) is 0 Å². The van der Waals surface area contributed by atoms with Gasteiger partial charge in [0, 0.05) is 24.1 Å². The van der Waals surface area contributed by atoms with Gasteiger partial charge in [0.1, 0.15) is 17.3 Å². The fourth-order valence-corrected chi connectivity index (χ4v) is 5.96. The van der Waals surface area contributed by atoms with Crippen LogP contribution in [0.25, 0.3) is 0 Å². The molecule has 7 heteroatoms. The van der Waals surface area contributed by atoms with Crippen molar-refractivity contribution in [1.82, 2.24) is 5.32 Å². The Hall–Kier alpha value is -2.41. The highest BCUT2D eigenvalue weighted by Crippen LogP contribution is 2.60. The van der Waals surface area contributed by atoms with E-state index in [0.29, 0.717) is 12.2 Å². The summed E-state index contributed by atoms with van der Waals surface area (Å²) in [4.78, 5) is 26.8. The number of ether oxygens (including phenoxy) is 1. The summed E-state index contributed by atoms with van der Waals surface area (Å²) in [5, 5.41) is 14.9. The highest BCUT2D eigenvalue weighted by molar-refractivity contribution is 5.90. The molecule has 0 aromatic heterocycles. The van der Waals surface area contributed by atoms with Crippen LogP contribution in [0.4, 0.5) is 11.4 Å². The number of amides is 1. The second kappa shape index (κ2) is 6.55. The number of fused-ring (bicyclic) bond motifs is 1. The number of benzene rings is 1. The zero-order chi connectivity index (χ0) is 20.2. The Kier molecular flexibility index (Phi) is 4.21. The van der Waals surface area contributed by atoms with E-state index < -0.39 is 11.6 Å². The smallest absolute Gasteiger partial charge is 0.292 e. The number of carbonyl (C=O) groups is 1. The molecule has 3 heterocycles. The van der Waals surface area contributed by atoms with Crippen LogP contribution in [0, 0.1) is 15.5 Å². The molecular weight excluding hydrogens is 370 g/mol. The summed E-state index contributed by atoms with van der Waals surface area (Å²) in [6.07, 6.45) is 10.4. The van der Waals surface area contributed by atoms with E-state index in [1.165, 1.54) is 12.5 Å². The standard InChI is InChI=1S/C22H27N3O4/c1-21-13-16-11-12-22(21,29-16)19(20(26)23-15-7-3-2-4-8-15)24(14-21)17-9-5-6-10-18(17)25(27)28/h5-6,9-12,15-16,19H,2-4,7-8,13-14H2,1H3,(H,23,26)/t16-,19?,21+,22-/m1/s1. The maximum atomic E-state index is 13.6. The molecule has 1 amide bonds. The summed E-state index contributed by atoms with van der Waals surface area (Å²) < 4.78 is 6.38. The van der Waals surface area contributed by atoms with Crippen molar-refractivity contribution in [2.24, 2.45) is 5.41 Å². The first-order valence-corrected chi connectivity index (χ1v) is 10.6. The Morgan fingerprint density at radius 2 is 2.03 bits per heavy atom. The SMILES string of the molecule is C[C@@]12C[C@H]3C=C[C@@]1(O3)C(C(=O)NC1CCCCC1)N(c1ccccc1[N+](=O)[O-])C2. The van der Waals surface area contributed by atoms with Gasteiger partial charge < -0.3 is 15.0 Å². The summed E-state index contributed by atoms with van der Waals surface area (Å²) in [6.45, 7) is 2.70. The Morgan fingerprint density at radius 1 is 1.28 bits per heavy atom. The zero-order valence-corrected chi connectivity index (χ0v) is 16.7. The molecule has 1 N–H and O–H groups in total. The quantitative estimate of drug-likeness (QED) is 0.479. The van der Waals surface area contributed by atoms with E-state index in [0.717, 1.165) is 32.1 Å². The second-order valence-electron chi connectivity index (χ2n) is 9.19. The number of carbonyl (C=O) groups excluding carboxylic acids is 1. The molecule has 29 heavy (non-hydrogen) atoms. The van der Waals surface area contributed by atoms with Crippen LogP contribution in [0.5, 0.6) is 0 Å². The number of nitro groups is 1. The van der Waals surface area contributed by atoms with Crippen LogP contribution >= 0.6 is 0 Å². The van der Waals surface area contributed by atoms with Crippen LogP contribution in [-0.4, -0.2) is 41.2 Å². The van der Waals surface area contributed by atoms with Gasteiger partial charge in [-0.1, -0.05) is 50.5 Å². The highest BCUT2D eigenvalue weighted by Gasteiger charge is 2.70. The van der Waals surface area contributed by atoms with Crippen LogP contribution < -0.4 is 10.2 Å². The highest BCUT2D eigenvalue weighted by atomic mass is 16.6. The van der Waals surface area contributed by atoms with Crippen LogP contribution in [-0.2, 0) is 9.53 Å². The van der Waals surface area contributed by atoms with Crippen LogP contribution in [0.1, 0.15) is 45.4 Å². The fourth-order valence-electron chi connectivity index (χ4n) is 5.96. The Labute approximate surface area is 170 Å². The molecule has 4 aliphatic rings. The lowest BCUT2D eigenvalue weighted by atomic mass is 9.69. The molecule has 1 aromatic rings. The molecule has 4 atom stereocenters. The maximum absolute atomic E-state index is 13.6. The third kappa shape index (κ3) is 2.70. The normalized spacial score (nSPS) is 35.7. The van der Waals surface area contributed by atoms with Gasteiger partial charge in [0.25, 0.3) is 5.69 Å². The molecule has 1 saturated carbocycles. The molecule has 2 saturated heterocycles. The van der Waals surface area contributed by atoms with Gasteiger partial charge in [-0.05, 0) is 25.3 Å². The van der Waals surface area contributed by atoms with Crippen molar-refractivity contribution in [2.45, 2.75) is 69.2 Å².